The van der Waals surface area contributed by atoms with Crippen LogP contribution in [0.4, 0.5) is 0 Å². The molecule has 0 radical (unpaired) electrons. The Labute approximate surface area is 125 Å². The van der Waals surface area contributed by atoms with Crippen LogP contribution in [0.15, 0.2) is 0 Å². The highest BCUT2D eigenvalue weighted by atomic mass is 32.2. The second kappa shape index (κ2) is 8.35. The summed E-state index contributed by atoms with van der Waals surface area (Å²) in [4.78, 5) is 2.45. The lowest BCUT2D eigenvalue weighted by atomic mass is 9.88. The van der Waals surface area contributed by atoms with Crippen molar-refractivity contribution in [1.82, 2.24) is 4.90 Å². The second-order valence-corrected chi connectivity index (χ2v) is 8.49. The summed E-state index contributed by atoms with van der Waals surface area (Å²) in [6.07, 6.45) is 8.18. The van der Waals surface area contributed by atoms with Gasteiger partial charge in [-0.2, -0.15) is 0 Å². The number of hydrogen-bond acceptors (Lipinski definition) is 4. The normalized spacial score (nSPS) is 20.0. The van der Waals surface area contributed by atoms with E-state index in [-0.39, 0.29) is 11.3 Å². The van der Waals surface area contributed by atoms with Crippen LogP contribution in [0, 0.1) is 0 Å². The minimum Gasteiger partial charge on any atom is -0.329 e. The molecule has 1 fully saturated rings. The fourth-order valence-electron chi connectivity index (χ4n) is 3.39. The van der Waals surface area contributed by atoms with Gasteiger partial charge in [-0.15, -0.1) is 0 Å². The maximum absolute atomic E-state index is 11.6. The van der Waals surface area contributed by atoms with Crippen molar-refractivity contribution in [1.29, 1.82) is 0 Å². The molecule has 0 aromatic rings. The summed E-state index contributed by atoms with van der Waals surface area (Å²) in [5, 5.41) is 0. The van der Waals surface area contributed by atoms with E-state index in [0.717, 1.165) is 32.4 Å². The largest absolute Gasteiger partial charge is 0.329 e. The molecule has 1 aliphatic carbocycles. The van der Waals surface area contributed by atoms with E-state index in [2.05, 4.69) is 11.8 Å². The van der Waals surface area contributed by atoms with E-state index >= 15 is 0 Å². The second-order valence-electron chi connectivity index (χ2n) is 6.01. The quantitative estimate of drug-likeness (QED) is 0.698. The first kappa shape index (κ1) is 17.9. The molecule has 1 aliphatic rings. The van der Waals surface area contributed by atoms with Crippen molar-refractivity contribution in [2.75, 3.05) is 31.1 Å². The van der Waals surface area contributed by atoms with Gasteiger partial charge in [-0.1, -0.05) is 39.5 Å². The zero-order valence-electron chi connectivity index (χ0n) is 13.2. The number of hydrogen-bond donors (Lipinski definition) is 1. The number of rotatable bonds is 8. The van der Waals surface area contributed by atoms with E-state index in [9.17, 15) is 8.42 Å². The predicted molar refractivity (Wildman–Crippen MR) is 85.7 cm³/mol. The average Bonchev–Trinajstić information content (AvgIpc) is 2.70. The average molecular weight is 305 g/mol. The lowest BCUT2D eigenvalue weighted by Crippen LogP contribution is -2.54. The summed E-state index contributed by atoms with van der Waals surface area (Å²) in [6.45, 7) is 6.40. The number of sulfone groups is 1. The van der Waals surface area contributed by atoms with Crippen molar-refractivity contribution >= 4 is 9.84 Å². The molecule has 0 unspecified atom stereocenters. The summed E-state index contributed by atoms with van der Waals surface area (Å²) in [5.74, 6) is 0.557. The van der Waals surface area contributed by atoms with Crippen molar-refractivity contribution in [2.24, 2.45) is 5.73 Å². The summed E-state index contributed by atoms with van der Waals surface area (Å²) in [7, 11) is -2.85. The van der Waals surface area contributed by atoms with E-state index in [1.54, 1.807) is 6.92 Å². The van der Waals surface area contributed by atoms with Crippen molar-refractivity contribution in [3.8, 4) is 0 Å². The Morgan fingerprint density at radius 3 is 2.15 bits per heavy atom. The van der Waals surface area contributed by atoms with Crippen molar-refractivity contribution in [2.45, 2.75) is 64.3 Å². The van der Waals surface area contributed by atoms with Gasteiger partial charge in [-0.05, 0) is 32.4 Å². The molecule has 120 valence electrons. The third-order valence-electron chi connectivity index (χ3n) is 4.79. The Balaban J connectivity index is 2.62. The standard InChI is InChI=1S/C15H32N2O2S/c1-3-17(12-9-13-20(18,19)4-2)15(14-16)10-7-5-6-8-11-15/h3-14,16H2,1-2H3. The molecule has 5 heteroatoms. The Morgan fingerprint density at radius 1 is 1.10 bits per heavy atom. The Hall–Kier alpha value is -0.130. The van der Waals surface area contributed by atoms with Crippen LogP contribution in [0.2, 0.25) is 0 Å². The maximum Gasteiger partial charge on any atom is 0.150 e. The molecule has 4 nitrogen and oxygen atoms in total. The minimum atomic E-state index is -2.85. The third kappa shape index (κ3) is 5.01. The molecular weight excluding hydrogens is 272 g/mol. The highest BCUT2D eigenvalue weighted by molar-refractivity contribution is 7.91. The Kier molecular flexibility index (Phi) is 7.48. The molecule has 0 spiro atoms. The summed E-state index contributed by atoms with van der Waals surface area (Å²) >= 11 is 0. The molecule has 0 amide bonds. The zero-order valence-corrected chi connectivity index (χ0v) is 14.1. The van der Waals surface area contributed by atoms with Gasteiger partial charge in [0.2, 0.25) is 0 Å². The van der Waals surface area contributed by atoms with Crippen molar-refractivity contribution < 1.29 is 8.42 Å². The van der Waals surface area contributed by atoms with Gasteiger partial charge in [0.25, 0.3) is 0 Å². The summed E-state index contributed by atoms with van der Waals surface area (Å²) < 4.78 is 23.2. The fourth-order valence-corrected chi connectivity index (χ4v) is 4.24. The first-order chi connectivity index (χ1) is 9.49. The van der Waals surface area contributed by atoms with Crippen LogP contribution in [0.3, 0.4) is 0 Å². The van der Waals surface area contributed by atoms with E-state index in [1.165, 1.54) is 25.7 Å². The number of nitrogens with two attached hydrogens (primary N) is 1. The van der Waals surface area contributed by atoms with Gasteiger partial charge >= 0.3 is 0 Å². The monoisotopic (exact) mass is 304 g/mol. The van der Waals surface area contributed by atoms with Gasteiger partial charge in [-0.3, -0.25) is 4.90 Å². The molecule has 20 heavy (non-hydrogen) atoms. The van der Waals surface area contributed by atoms with Gasteiger partial charge in [0, 0.05) is 17.8 Å². The third-order valence-corrected chi connectivity index (χ3v) is 6.58. The van der Waals surface area contributed by atoms with Gasteiger partial charge in [-0.25, -0.2) is 8.42 Å². The smallest absolute Gasteiger partial charge is 0.150 e. The van der Waals surface area contributed by atoms with Crippen LogP contribution < -0.4 is 5.73 Å². The zero-order chi connectivity index (χ0) is 15.1. The Morgan fingerprint density at radius 2 is 1.70 bits per heavy atom. The number of likely N-dealkylation sites (N-methyl/N-ethyl adjacent to an activating group) is 1. The SMILES string of the molecule is CCN(CCCS(=O)(=O)CC)C1(CN)CCCCCC1. The van der Waals surface area contributed by atoms with Crippen LogP contribution in [-0.4, -0.2) is 50.0 Å². The van der Waals surface area contributed by atoms with Crippen molar-refractivity contribution in [3.05, 3.63) is 0 Å². The van der Waals surface area contributed by atoms with Gasteiger partial charge < -0.3 is 5.73 Å². The molecular formula is C15H32N2O2S. The minimum absolute atomic E-state index is 0.112. The molecule has 0 bridgehead atoms. The Bertz CT molecular complexity index is 360. The van der Waals surface area contributed by atoms with E-state index in [0.29, 0.717) is 12.3 Å². The van der Waals surface area contributed by atoms with Crippen LogP contribution >= 0.6 is 0 Å². The lowest BCUT2D eigenvalue weighted by Gasteiger charge is -2.43. The molecule has 1 rings (SSSR count). The molecule has 0 saturated heterocycles. The highest BCUT2D eigenvalue weighted by Gasteiger charge is 2.34. The van der Waals surface area contributed by atoms with Gasteiger partial charge in [0.1, 0.15) is 9.84 Å². The first-order valence-corrected chi connectivity index (χ1v) is 9.97. The summed E-state index contributed by atoms with van der Waals surface area (Å²) in [5.41, 5.74) is 6.22. The first-order valence-electron chi connectivity index (χ1n) is 8.15. The van der Waals surface area contributed by atoms with Crippen LogP contribution in [0.5, 0.6) is 0 Å². The molecule has 1 saturated carbocycles. The molecule has 2 N–H and O–H groups in total. The molecule has 0 aliphatic heterocycles. The molecule has 0 atom stereocenters. The van der Waals surface area contributed by atoms with Crippen LogP contribution in [0.1, 0.15) is 58.8 Å². The highest BCUT2D eigenvalue weighted by Crippen LogP contribution is 2.31. The van der Waals surface area contributed by atoms with Gasteiger partial charge in [0.05, 0.1) is 5.75 Å². The molecule has 0 aromatic heterocycles. The predicted octanol–water partition coefficient (Wildman–Crippen LogP) is 2.18. The fraction of sp³-hybridized carbons (Fsp3) is 1.00. The van der Waals surface area contributed by atoms with Crippen molar-refractivity contribution in [3.63, 3.8) is 0 Å². The van der Waals surface area contributed by atoms with Crippen LogP contribution in [-0.2, 0) is 9.84 Å². The molecule has 0 aromatic carbocycles. The van der Waals surface area contributed by atoms with Gasteiger partial charge in [0.15, 0.2) is 0 Å². The van der Waals surface area contributed by atoms with E-state index < -0.39 is 9.84 Å². The topological polar surface area (TPSA) is 63.4 Å². The molecule has 0 heterocycles. The van der Waals surface area contributed by atoms with Crippen LogP contribution in [0.25, 0.3) is 0 Å². The lowest BCUT2D eigenvalue weighted by molar-refractivity contribution is 0.0838. The van der Waals surface area contributed by atoms with E-state index in [4.69, 9.17) is 5.73 Å². The van der Waals surface area contributed by atoms with E-state index in [1.807, 2.05) is 0 Å². The summed E-state index contributed by atoms with van der Waals surface area (Å²) in [6, 6.07) is 0. The maximum atomic E-state index is 11.6. The number of nitrogens with zero attached hydrogens (tertiary/aromatic N) is 1.